The highest BCUT2D eigenvalue weighted by Gasteiger charge is 2.38. The summed E-state index contributed by atoms with van der Waals surface area (Å²) < 4.78 is 5.71. The highest BCUT2D eigenvalue weighted by Crippen LogP contribution is 2.39. The Balaban J connectivity index is 1.51. The Morgan fingerprint density at radius 1 is 1.11 bits per heavy atom. The van der Waals surface area contributed by atoms with Gasteiger partial charge >= 0.3 is 11.9 Å². The van der Waals surface area contributed by atoms with Crippen LogP contribution in [0.25, 0.3) is 0 Å². The Kier molecular flexibility index (Phi) is 7.49. The van der Waals surface area contributed by atoms with Gasteiger partial charge in [0.25, 0.3) is 5.69 Å². The first-order valence-electron chi connectivity index (χ1n) is 11.8. The fourth-order valence-electron chi connectivity index (χ4n) is 5.00. The van der Waals surface area contributed by atoms with E-state index in [1.807, 2.05) is 18.2 Å². The standard InChI is InChI=1S/C27H29N3O6/c1-17-23(26(31)32)25(21-9-6-10-22(13-21)30(34)35)24(18(2)28-17)27(33)36-16-20-11-12-29(15-20)14-19-7-4-3-5-8-19/h3-10,13,20,25,28H,11-12,14-16H2,1-2H3,(H,31,32)/t20-,25-/m0/s1. The van der Waals surface area contributed by atoms with Crippen LogP contribution >= 0.6 is 0 Å². The molecule has 36 heavy (non-hydrogen) atoms. The quantitative estimate of drug-likeness (QED) is 0.323. The molecular formula is C27H29N3O6. The predicted molar refractivity (Wildman–Crippen MR) is 133 cm³/mol. The molecule has 0 bridgehead atoms. The van der Waals surface area contributed by atoms with Gasteiger partial charge in [-0.1, -0.05) is 42.5 Å². The molecule has 2 N–H and O–H groups in total. The van der Waals surface area contributed by atoms with E-state index >= 15 is 0 Å². The third kappa shape index (κ3) is 5.46. The average molecular weight is 492 g/mol. The molecule has 0 aliphatic carbocycles. The van der Waals surface area contributed by atoms with Crippen LogP contribution in [0.3, 0.4) is 0 Å². The number of hydrogen-bond acceptors (Lipinski definition) is 7. The van der Waals surface area contributed by atoms with Gasteiger partial charge in [0.1, 0.15) is 0 Å². The average Bonchev–Trinajstić information content (AvgIpc) is 3.29. The number of nitrogens with zero attached hydrogens (tertiary/aromatic N) is 2. The van der Waals surface area contributed by atoms with Crippen LogP contribution in [0, 0.1) is 16.0 Å². The maximum absolute atomic E-state index is 13.3. The van der Waals surface area contributed by atoms with E-state index in [0.717, 1.165) is 26.1 Å². The van der Waals surface area contributed by atoms with Crippen LogP contribution in [0.1, 0.15) is 37.3 Å². The molecule has 0 aromatic heterocycles. The third-order valence-electron chi connectivity index (χ3n) is 6.69. The molecule has 4 rings (SSSR count). The zero-order valence-electron chi connectivity index (χ0n) is 20.3. The molecule has 0 saturated carbocycles. The van der Waals surface area contributed by atoms with Crippen molar-refractivity contribution in [3.63, 3.8) is 0 Å². The zero-order chi connectivity index (χ0) is 25.8. The third-order valence-corrected chi connectivity index (χ3v) is 6.69. The number of carboxylic acids is 1. The van der Waals surface area contributed by atoms with Gasteiger partial charge in [-0.15, -0.1) is 0 Å². The number of carbonyl (C=O) groups is 2. The first-order valence-corrected chi connectivity index (χ1v) is 11.8. The highest BCUT2D eigenvalue weighted by molar-refractivity contribution is 5.99. The zero-order valence-corrected chi connectivity index (χ0v) is 20.3. The van der Waals surface area contributed by atoms with Crippen molar-refractivity contribution in [3.05, 3.63) is 98.4 Å². The molecule has 9 heteroatoms. The Morgan fingerprint density at radius 3 is 2.53 bits per heavy atom. The van der Waals surface area contributed by atoms with Crippen molar-refractivity contribution >= 4 is 17.6 Å². The molecule has 0 amide bonds. The molecule has 0 radical (unpaired) electrons. The predicted octanol–water partition coefficient (Wildman–Crippen LogP) is 3.98. The minimum absolute atomic E-state index is 0.0389. The van der Waals surface area contributed by atoms with Crippen LogP contribution in [-0.4, -0.2) is 46.6 Å². The molecule has 2 atom stereocenters. The number of nitro groups is 1. The lowest BCUT2D eigenvalue weighted by Gasteiger charge is -2.29. The normalized spacial score (nSPS) is 20.3. The molecule has 0 spiro atoms. The summed E-state index contributed by atoms with van der Waals surface area (Å²) in [5, 5.41) is 24.3. The van der Waals surface area contributed by atoms with Crippen LogP contribution in [0.4, 0.5) is 5.69 Å². The number of nitro benzene ring substituents is 1. The Bertz CT molecular complexity index is 1240. The number of rotatable bonds is 8. The van der Waals surface area contributed by atoms with Crippen molar-refractivity contribution in [3.8, 4) is 0 Å². The second-order valence-electron chi connectivity index (χ2n) is 9.27. The summed E-state index contributed by atoms with van der Waals surface area (Å²) in [7, 11) is 0. The van der Waals surface area contributed by atoms with E-state index in [1.165, 1.54) is 23.8 Å². The van der Waals surface area contributed by atoms with Crippen LogP contribution in [-0.2, 0) is 20.9 Å². The first-order chi connectivity index (χ1) is 17.2. The minimum atomic E-state index is -1.21. The van der Waals surface area contributed by atoms with Gasteiger partial charge in [0.05, 0.1) is 28.6 Å². The smallest absolute Gasteiger partial charge is 0.336 e. The number of esters is 1. The number of hydrogen-bond donors (Lipinski definition) is 2. The number of likely N-dealkylation sites (tertiary alicyclic amines) is 1. The van der Waals surface area contributed by atoms with Crippen molar-refractivity contribution in [2.45, 2.75) is 32.7 Å². The summed E-state index contributed by atoms with van der Waals surface area (Å²) in [4.78, 5) is 38.6. The van der Waals surface area contributed by atoms with E-state index in [2.05, 4.69) is 22.3 Å². The Labute approximate surface area is 209 Å². The molecule has 2 aromatic rings. The van der Waals surface area contributed by atoms with Gasteiger partial charge in [0.2, 0.25) is 0 Å². The summed E-state index contributed by atoms with van der Waals surface area (Å²) in [5.41, 5.74) is 2.36. The topological polar surface area (TPSA) is 122 Å². The summed E-state index contributed by atoms with van der Waals surface area (Å²) in [6, 6.07) is 15.9. The van der Waals surface area contributed by atoms with E-state index in [1.54, 1.807) is 19.9 Å². The van der Waals surface area contributed by atoms with Crippen molar-refractivity contribution in [1.82, 2.24) is 10.2 Å². The number of benzene rings is 2. The molecule has 2 aliphatic rings. The van der Waals surface area contributed by atoms with Crippen molar-refractivity contribution in [2.24, 2.45) is 5.92 Å². The molecule has 0 unspecified atom stereocenters. The van der Waals surface area contributed by atoms with Crippen LogP contribution in [0.2, 0.25) is 0 Å². The van der Waals surface area contributed by atoms with E-state index in [0.29, 0.717) is 17.0 Å². The minimum Gasteiger partial charge on any atom is -0.478 e. The molecule has 2 aromatic carbocycles. The van der Waals surface area contributed by atoms with Crippen molar-refractivity contribution in [1.29, 1.82) is 0 Å². The second-order valence-corrected chi connectivity index (χ2v) is 9.27. The number of aliphatic carboxylic acids is 1. The van der Waals surface area contributed by atoms with Gasteiger partial charge < -0.3 is 15.2 Å². The van der Waals surface area contributed by atoms with Crippen LogP contribution < -0.4 is 5.32 Å². The molecular weight excluding hydrogens is 462 g/mol. The Hall–Kier alpha value is -3.98. The first kappa shape index (κ1) is 25.1. The summed E-state index contributed by atoms with van der Waals surface area (Å²) >= 11 is 0. The van der Waals surface area contributed by atoms with Gasteiger partial charge in [-0.05, 0) is 37.9 Å². The number of allylic oxidation sites excluding steroid dienone is 2. The highest BCUT2D eigenvalue weighted by atomic mass is 16.6. The lowest BCUT2D eigenvalue weighted by molar-refractivity contribution is -0.384. The molecule has 1 saturated heterocycles. The fourth-order valence-corrected chi connectivity index (χ4v) is 5.00. The summed E-state index contributed by atoms with van der Waals surface area (Å²) in [6.45, 7) is 6.04. The molecule has 188 valence electrons. The number of ether oxygens (including phenoxy) is 1. The number of carbonyl (C=O) groups excluding carboxylic acids is 1. The maximum atomic E-state index is 13.3. The van der Waals surface area contributed by atoms with E-state index < -0.39 is 22.8 Å². The van der Waals surface area contributed by atoms with Gasteiger partial charge in [-0.25, -0.2) is 9.59 Å². The van der Waals surface area contributed by atoms with Gasteiger partial charge in [-0.2, -0.15) is 0 Å². The SMILES string of the molecule is CC1=C(C(=O)O)[C@H](c2cccc([N+](=O)[O-])c2)C(C(=O)OC[C@H]2CCN(Cc3ccccc3)C2)=C(C)N1. The van der Waals surface area contributed by atoms with E-state index in [9.17, 15) is 24.8 Å². The number of dihydropyridines is 1. The lowest BCUT2D eigenvalue weighted by Crippen LogP contribution is -2.32. The van der Waals surface area contributed by atoms with Crippen LogP contribution in [0.5, 0.6) is 0 Å². The van der Waals surface area contributed by atoms with E-state index in [-0.39, 0.29) is 29.4 Å². The molecule has 2 aliphatic heterocycles. The number of carboxylic acid groups (broad SMARTS) is 1. The molecule has 9 nitrogen and oxygen atoms in total. The maximum Gasteiger partial charge on any atom is 0.336 e. The largest absolute Gasteiger partial charge is 0.478 e. The number of nitrogens with one attached hydrogen (secondary N) is 1. The monoisotopic (exact) mass is 491 g/mol. The summed E-state index contributed by atoms with van der Waals surface area (Å²) in [6.07, 6.45) is 0.893. The summed E-state index contributed by atoms with van der Waals surface area (Å²) in [5.74, 6) is -2.65. The second kappa shape index (κ2) is 10.7. The Morgan fingerprint density at radius 2 is 1.83 bits per heavy atom. The van der Waals surface area contributed by atoms with E-state index in [4.69, 9.17) is 4.74 Å². The number of non-ortho nitro benzene ring substituents is 1. The van der Waals surface area contributed by atoms with Crippen molar-refractivity contribution in [2.75, 3.05) is 19.7 Å². The van der Waals surface area contributed by atoms with Gasteiger partial charge in [0.15, 0.2) is 0 Å². The molecule has 2 heterocycles. The van der Waals surface area contributed by atoms with Gasteiger partial charge in [-0.3, -0.25) is 15.0 Å². The lowest BCUT2D eigenvalue weighted by atomic mass is 9.80. The van der Waals surface area contributed by atoms with Gasteiger partial charge in [0, 0.05) is 42.5 Å². The van der Waals surface area contributed by atoms with Crippen molar-refractivity contribution < 1.29 is 24.4 Å². The molecule has 1 fully saturated rings. The fraction of sp³-hybridized carbons (Fsp3) is 0.333. The van der Waals surface area contributed by atoms with Crippen LogP contribution in [0.15, 0.2) is 77.1 Å².